The number of carbonyl (C=O) groups is 1. The summed E-state index contributed by atoms with van der Waals surface area (Å²) in [6.07, 6.45) is 0. The Labute approximate surface area is 189 Å². The van der Waals surface area contributed by atoms with Crippen LogP contribution in [-0.2, 0) is 27.9 Å². The molecular weight excluding hydrogens is 469 g/mol. The molecule has 0 amide bonds. The van der Waals surface area contributed by atoms with E-state index in [1.165, 1.54) is 18.2 Å². The minimum absolute atomic E-state index is 0.0127. The molecule has 0 radical (unpaired) electrons. The average molecular weight is 485 g/mol. The molecule has 0 saturated heterocycles. The summed E-state index contributed by atoms with van der Waals surface area (Å²) in [5, 5.41) is 0.709. The topological polar surface area (TPSA) is 72.5 Å². The van der Waals surface area contributed by atoms with E-state index in [2.05, 4.69) is 4.72 Å². The summed E-state index contributed by atoms with van der Waals surface area (Å²) in [5.41, 5.74) is 1.27. The number of benzene rings is 3. The van der Waals surface area contributed by atoms with Gasteiger partial charge in [0.05, 0.1) is 10.6 Å². The molecule has 0 aliphatic carbocycles. The zero-order valence-corrected chi connectivity index (χ0v) is 18.5. The van der Waals surface area contributed by atoms with Gasteiger partial charge in [0, 0.05) is 22.2 Å². The molecule has 0 aliphatic heterocycles. The second-order valence-corrected chi connectivity index (χ2v) is 9.19. The molecule has 3 rings (SSSR count). The van der Waals surface area contributed by atoms with Gasteiger partial charge in [0.25, 0.3) is 0 Å². The molecule has 5 nitrogen and oxygen atoms in total. The lowest BCUT2D eigenvalue weighted by Gasteiger charge is -2.11. The van der Waals surface area contributed by atoms with Crippen LogP contribution in [0.1, 0.15) is 21.5 Å². The molecule has 0 atom stereocenters. The predicted octanol–water partition coefficient (Wildman–Crippen LogP) is 5.48. The summed E-state index contributed by atoms with van der Waals surface area (Å²) in [4.78, 5) is 12.2. The lowest BCUT2D eigenvalue weighted by Crippen LogP contribution is -2.24. The number of hydrogen-bond donors (Lipinski definition) is 1. The maximum Gasteiger partial charge on any atom is 0.338 e. The Balaban J connectivity index is 1.76. The third-order valence-corrected chi connectivity index (χ3v) is 6.77. The number of nitrogens with one attached hydrogen (secondary N) is 1. The van der Waals surface area contributed by atoms with Gasteiger partial charge in [-0.2, -0.15) is 0 Å². The first kappa shape index (κ1) is 22.6. The van der Waals surface area contributed by atoms with E-state index in [1.54, 1.807) is 42.5 Å². The average Bonchev–Trinajstić information content (AvgIpc) is 2.73. The lowest BCUT2D eigenvalue weighted by molar-refractivity contribution is 0.0472. The summed E-state index contributed by atoms with van der Waals surface area (Å²) in [5.74, 6) is -0.734. The molecule has 30 heavy (non-hydrogen) atoms. The van der Waals surface area contributed by atoms with Crippen molar-refractivity contribution in [3.8, 4) is 0 Å². The number of sulfonamides is 1. The Kier molecular flexibility index (Phi) is 7.39. The summed E-state index contributed by atoms with van der Waals surface area (Å²) in [7, 11) is -3.96. The normalized spacial score (nSPS) is 11.3. The van der Waals surface area contributed by atoms with Crippen LogP contribution < -0.4 is 4.72 Å². The number of esters is 1. The van der Waals surface area contributed by atoms with Crippen molar-refractivity contribution in [2.45, 2.75) is 18.0 Å². The second kappa shape index (κ2) is 9.81. The molecule has 0 heterocycles. The quantitative estimate of drug-likeness (QED) is 0.451. The SMILES string of the molecule is O=C(OCc1c(Cl)cccc1Cl)c1ccc(Cl)c(S(=O)(=O)NCc2ccccc2)c1. The first-order valence-corrected chi connectivity index (χ1v) is 11.3. The van der Waals surface area contributed by atoms with Crippen molar-refractivity contribution < 1.29 is 17.9 Å². The summed E-state index contributed by atoms with van der Waals surface area (Å²) in [6.45, 7) is -0.0759. The minimum Gasteiger partial charge on any atom is -0.457 e. The van der Waals surface area contributed by atoms with Gasteiger partial charge in [-0.3, -0.25) is 0 Å². The maximum atomic E-state index is 12.7. The molecule has 0 fully saturated rings. The number of carbonyl (C=O) groups excluding carboxylic acids is 1. The van der Waals surface area contributed by atoms with Crippen LogP contribution in [0.5, 0.6) is 0 Å². The number of ether oxygens (including phenoxy) is 1. The van der Waals surface area contributed by atoms with Gasteiger partial charge in [-0.15, -0.1) is 0 Å². The minimum atomic E-state index is -3.96. The van der Waals surface area contributed by atoms with Gasteiger partial charge in [-0.25, -0.2) is 17.9 Å². The second-order valence-electron chi connectivity index (χ2n) is 6.23. The predicted molar refractivity (Wildman–Crippen MR) is 118 cm³/mol. The van der Waals surface area contributed by atoms with E-state index >= 15 is 0 Å². The van der Waals surface area contributed by atoms with E-state index < -0.39 is 16.0 Å². The van der Waals surface area contributed by atoms with Crippen molar-refractivity contribution in [1.82, 2.24) is 4.72 Å². The van der Waals surface area contributed by atoms with Crippen LogP contribution in [0.3, 0.4) is 0 Å². The number of hydrogen-bond acceptors (Lipinski definition) is 4. The van der Waals surface area contributed by atoms with Crippen molar-refractivity contribution in [3.63, 3.8) is 0 Å². The number of rotatable bonds is 7. The highest BCUT2D eigenvalue weighted by Gasteiger charge is 2.21. The van der Waals surface area contributed by atoms with Crippen molar-refractivity contribution in [1.29, 1.82) is 0 Å². The van der Waals surface area contributed by atoms with Crippen molar-refractivity contribution in [2.75, 3.05) is 0 Å². The Morgan fingerprint density at radius 2 is 1.53 bits per heavy atom. The highest BCUT2D eigenvalue weighted by molar-refractivity contribution is 7.89. The summed E-state index contributed by atoms with van der Waals surface area (Å²) in [6, 6.07) is 17.8. The molecule has 0 aliphatic rings. The molecular formula is C21H16Cl3NO4S. The standard InChI is InChI=1S/C21H16Cl3NO4S/c22-17-7-4-8-18(23)16(17)13-29-21(26)15-9-10-19(24)20(11-15)30(27,28)25-12-14-5-2-1-3-6-14/h1-11,25H,12-13H2. The van der Waals surface area contributed by atoms with Crippen LogP contribution in [0.4, 0.5) is 0 Å². The molecule has 0 spiro atoms. The smallest absolute Gasteiger partial charge is 0.338 e. The highest BCUT2D eigenvalue weighted by atomic mass is 35.5. The third kappa shape index (κ3) is 5.53. The molecule has 0 aromatic heterocycles. The fourth-order valence-electron chi connectivity index (χ4n) is 2.58. The number of halogens is 3. The van der Waals surface area contributed by atoms with E-state index in [1.807, 2.05) is 6.07 Å². The van der Waals surface area contributed by atoms with E-state index in [0.717, 1.165) is 5.56 Å². The van der Waals surface area contributed by atoms with E-state index in [4.69, 9.17) is 39.5 Å². The Morgan fingerprint density at radius 1 is 0.867 bits per heavy atom. The fourth-order valence-corrected chi connectivity index (χ4v) is 4.63. The van der Waals surface area contributed by atoms with Crippen LogP contribution in [0.25, 0.3) is 0 Å². The van der Waals surface area contributed by atoms with Gasteiger partial charge in [0.15, 0.2) is 0 Å². The maximum absolute atomic E-state index is 12.7. The Morgan fingerprint density at radius 3 is 2.20 bits per heavy atom. The molecule has 9 heteroatoms. The fraction of sp³-hybridized carbons (Fsp3) is 0.0952. The van der Waals surface area contributed by atoms with Crippen molar-refractivity contribution >= 4 is 50.8 Å². The van der Waals surface area contributed by atoms with Crippen LogP contribution in [-0.4, -0.2) is 14.4 Å². The molecule has 156 valence electrons. The molecule has 0 bridgehead atoms. The van der Waals surface area contributed by atoms with Gasteiger partial charge in [-0.1, -0.05) is 71.2 Å². The zero-order valence-electron chi connectivity index (χ0n) is 15.4. The van der Waals surface area contributed by atoms with Crippen LogP contribution in [0, 0.1) is 0 Å². The van der Waals surface area contributed by atoms with Crippen LogP contribution in [0.2, 0.25) is 15.1 Å². The van der Waals surface area contributed by atoms with E-state index in [0.29, 0.717) is 15.6 Å². The van der Waals surface area contributed by atoms with Gasteiger partial charge in [0.2, 0.25) is 10.0 Å². The molecule has 1 N–H and O–H groups in total. The molecule has 0 saturated carbocycles. The van der Waals surface area contributed by atoms with Crippen molar-refractivity contribution in [2.24, 2.45) is 0 Å². The van der Waals surface area contributed by atoms with Crippen LogP contribution in [0.15, 0.2) is 71.6 Å². The highest BCUT2D eigenvalue weighted by Crippen LogP contribution is 2.26. The van der Waals surface area contributed by atoms with E-state index in [-0.39, 0.29) is 28.6 Å². The van der Waals surface area contributed by atoms with Gasteiger partial charge in [-0.05, 0) is 35.9 Å². The first-order valence-electron chi connectivity index (χ1n) is 8.71. The van der Waals surface area contributed by atoms with E-state index in [9.17, 15) is 13.2 Å². The zero-order chi connectivity index (χ0) is 21.7. The summed E-state index contributed by atoms with van der Waals surface area (Å²) < 4.78 is 33.1. The molecule has 0 unspecified atom stereocenters. The largest absolute Gasteiger partial charge is 0.457 e. The van der Waals surface area contributed by atoms with Crippen LogP contribution >= 0.6 is 34.8 Å². The third-order valence-electron chi connectivity index (χ3n) is 4.17. The van der Waals surface area contributed by atoms with Crippen molar-refractivity contribution in [3.05, 3.63) is 98.5 Å². The summed E-state index contributed by atoms with van der Waals surface area (Å²) >= 11 is 18.2. The van der Waals surface area contributed by atoms with Gasteiger partial charge < -0.3 is 4.74 Å². The molecule has 3 aromatic carbocycles. The first-order chi connectivity index (χ1) is 14.3. The Bertz CT molecular complexity index is 1150. The van der Waals surface area contributed by atoms with Gasteiger partial charge >= 0.3 is 5.97 Å². The monoisotopic (exact) mass is 483 g/mol. The Hall–Kier alpha value is -2.09. The lowest BCUT2D eigenvalue weighted by atomic mass is 10.2. The molecule has 3 aromatic rings. The van der Waals surface area contributed by atoms with Gasteiger partial charge in [0.1, 0.15) is 11.5 Å².